The molecule has 1 atom stereocenters. The molecule has 6 nitrogen and oxygen atoms in total. The fourth-order valence-electron chi connectivity index (χ4n) is 3.54. The number of nitrogens with zero attached hydrogens (tertiary/aromatic N) is 2. The molecule has 2 N–H and O–H groups in total. The van der Waals surface area contributed by atoms with Gasteiger partial charge in [-0.05, 0) is 12.3 Å². The van der Waals surface area contributed by atoms with Gasteiger partial charge in [-0.15, -0.1) is 11.3 Å². The maximum Gasteiger partial charge on any atom is 0.248 e. The van der Waals surface area contributed by atoms with Crippen LogP contribution in [0, 0.1) is 5.92 Å². The molecule has 0 aromatic carbocycles. The lowest BCUT2D eigenvalue weighted by Crippen LogP contribution is -2.56. The van der Waals surface area contributed by atoms with E-state index in [0.29, 0.717) is 24.1 Å². The molecule has 1 aromatic rings. The Bertz CT molecular complexity index is 528. The smallest absolute Gasteiger partial charge is 0.248 e. The minimum atomic E-state index is -0.378. The number of carbonyl (C=O) groups excluding carboxylic acids is 2. The van der Waals surface area contributed by atoms with Gasteiger partial charge in [0.25, 0.3) is 0 Å². The fraction of sp³-hybridized carbons (Fsp3) is 0.688. The van der Waals surface area contributed by atoms with Gasteiger partial charge in [-0.3, -0.25) is 9.59 Å². The van der Waals surface area contributed by atoms with Gasteiger partial charge < -0.3 is 15.5 Å². The Morgan fingerprint density at radius 3 is 2.96 bits per heavy atom. The molecule has 2 fully saturated rings. The quantitative estimate of drug-likeness (QED) is 0.860. The van der Waals surface area contributed by atoms with Gasteiger partial charge in [0, 0.05) is 24.7 Å². The Morgan fingerprint density at radius 1 is 1.43 bits per heavy atom. The zero-order chi connectivity index (χ0) is 16.1. The molecule has 7 heteroatoms. The van der Waals surface area contributed by atoms with Crippen molar-refractivity contribution in [2.75, 3.05) is 25.0 Å². The Labute approximate surface area is 140 Å². The molecule has 0 unspecified atom stereocenters. The van der Waals surface area contributed by atoms with Crippen molar-refractivity contribution in [3.63, 3.8) is 0 Å². The number of rotatable bonds is 5. The van der Waals surface area contributed by atoms with Crippen LogP contribution in [-0.2, 0) is 9.59 Å². The van der Waals surface area contributed by atoms with Crippen molar-refractivity contribution >= 4 is 28.3 Å². The highest BCUT2D eigenvalue weighted by Gasteiger charge is 2.33. The van der Waals surface area contributed by atoms with Crippen LogP contribution in [0.25, 0.3) is 0 Å². The van der Waals surface area contributed by atoms with Crippen LogP contribution in [0.2, 0.25) is 0 Å². The van der Waals surface area contributed by atoms with Crippen LogP contribution in [0.1, 0.15) is 38.5 Å². The first-order valence-corrected chi connectivity index (χ1v) is 9.32. The summed E-state index contributed by atoms with van der Waals surface area (Å²) in [6, 6.07) is -0.378. The lowest BCUT2D eigenvalue weighted by Gasteiger charge is -2.36. The lowest BCUT2D eigenvalue weighted by atomic mass is 9.84. The number of hydrogen-bond acceptors (Lipinski definition) is 5. The molecule has 0 spiro atoms. The van der Waals surface area contributed by atoms with Gasteiger partial charge >= 0.3 is 0 Å². The van der Waals surface area contributed by atoms with E-state index in [9.17, 15) is 9.59 Å². The van der Waals surface area contributed by atoms with E-state index in [0.717, 1.165) is 13.0 Å². The Kier molecular flexibility index (Phi) is 5.61. The highest BCUT2D eigenvalue weighted by molar-refractivity contribution is 7.13. The van der Waals surface area contributed by atoms with Gasteiger partial charge in [-0.25, -0.2) is 4.98 Å². The molecule has 1 aromatic heterocycles. The van der Waals surface area contributed by atoms with Crippen molar-refractivity contribution in [3.8, 4) is 0 Å². The molecule has 2 amide bonds. The molecular formula is C16H24N4O2S. The molecule has 126 valence electrons. The van der Waals surface area contributed by atoms with Crippen LogP contribution < -0.4 is 10.6 Å². The van der Waals surface area contributed by atoms with Gasteiger partial charge in [0.05, 0.1) is 6.54 Å². The third kappa shape index (κ3) is 4.29. The predicted octanol–water partition coefficient (Wildman–Crippen LogP) is 1.85. The van der Waals surface area contributed by atoms with E-state index < -0.39 is 0 Å². The van der Waals surface area contributed by atoms with Gasteiger partial charge in [0.1, 0.15) is 6.04 Å². The van der Waals surface area contributed by atoms with E-state index in [4.69, 9.17) is 0 Å². The molecule has 1 aliphatic heterocycles. The van der Waals surface area contributed by atoms with Crippen molar-refractivity contribution in [3.05, 3.63) is 11.6 Å². The Hall–Kier alpha value is -1.47. The largest absolute Gasteiger partial charge is 0.328 e. The summed E-state index contributed by atoms with van der Waals surface area (Å²) in [6.07, 6.45) is 8.54. The number of nitrogens with one attached hydrogen (secondary N) is 2. The molecule has 2 heterocycles. The minimum absolute atomic E-state index is 0.0198. The normalized spacial score (nSPS) is 21.2. The van der Waals surface area contributed by atoms with Crippen LogP contribution in [0.15, 0.2) is 11.6 Å². The summed E-state index contributed by atoms with van der Waals surface area (Å²) in [5.41, 5.74) is 0. The van der Waals surface area contributed by atoms with Gasteiger partial charge in [0.15, 0.2) is 5.13 Å². The third-order valence-electron chi connectivity index (χ3n) is 4.75. The average Bonchev–Trinajstić information content (AvgIpc) is 3.07. The number of piperazine rings is 1. The Balaban J connectivity index is 1.71. The summed E-state index contributed by atoms with van der Waals surface area (Å²) in [5, 5.41) is 8.40. The first kappa shape index (κ1) is 16.4. The molecule has 1 saturated carbocycles. The summed E-state index contributed by atoms with van der Waals surface area (Å²) in [7, 11) is 0. The van der Waals surface area contributed by atoms with Crippen LogP contribution in [-0.4, -0.2) is 47.4 Å². The maximum atomic E-state index is 12.8. The molecule has 1 saturated heterocycles. The van der Waals surface area contributed by atoms with E-state index in [1.54, 1.807) is 11.1 Å². The number of aromatic nitrogens is 1. The molecule has 0 radical (unpaired) electrons. The number of hydrogen-bond donors (Lipinski definition) is 2. The first-order chi connectivity index (χ1) is 11.2. The van der Waals surface area contributed by atoms with Crippen molar-refractivity contribution in [1.82, 2.24) is 15.2 Å². The van der Waals surface area contributed by atoms with E-state index in [1.165, 1.54) is 43.4 Å². The van der Waals surface area contributed by atoms with Gasteiger partial charge in [-0.2, -0.15) is 0 Å². The molecule has 1 aliphatic carbocycles. The molecule has 3 rings (SSSR count). The van der Waals surface area contributed by atoms with Crippen molar-refractivity contribution in [2.45, 2.75) is 44.6 Å². The van der Waals surface area contributed by atoms with Crippen LogP contribution in [0.3, 0.4) is 0 Å². The molecule has 2 aliphatic rings. The second-order valence-corrected chi connectivity index (χ2v) is 7.24. The second kappa shape index (κ2) is 7.88. The summed E-state index contributed by atoms with van der Waals surface area (Å²) in [5.74, 6) is 0.464. The number of thiazole rings is 1. The molecule has 23 heavy (non-hydrogen) atoms. The van der Waals surface area contributed by atoms with Crippen LogP contribution in [0.4, 0.5) is 5.13 Å². The summed E-state index contributed by atoms with van der Waals surface area (Å²) >= 11 is 1.40. The summed E-state index contributed by atoms with van der Waals surface area (Å²) in [4.78, 5) is 30.9. The lowest BCUT2D eigenvalue weighted by molar-refractivity contribution is -0.140. The van der Waals surface area contributed by atoms with Crippen LogP contribution in [0.5, 0.6) is 0 Å². The number of anilines is 1. The zero-order valence-corrected chi connectivity index (χ0v) is 14.1. The van der Waals surface area contributed by atoms with E-state index in [1.807, 2.05) is 5.38 Å². The minimum Gasteiger partial charge on any atom is -0.328 e. The molecule has 0 bridgehead atoms. The predicted molar refractivity (Wildman–Crippen MR) is 90.3 cm³/mol. The first-order valence-electron chi connectivity index (χ1n) is 8.44. The molecular weight excluding hydrogens is 312 g/mol. The Morgan fingerprint density at radius 2 is 2.26 bits per heavy atom. The topological polar surface area (TPSA) is 74.3 Å². The van der Waals surface area contributed by atoms with E-state index in [-0.39, 0.29) is 17.9 Å². The zero-order valence-electron chi connectivity index (χ0n) is 13.3. The van der Waals surface area contributed by atoms with Crippen molar-refractivity contribution < 1.29 is 9.59 Å². The van der Waals surface area contributed by atoms with Crippen molar-refractivity contribution in [2.24, 2.45) is 5.92 Å². The fourth-order valence-corrected chi connectivity index (χ4v) is 4.07. The van der Waals surface area contributed by atoms with E-state index in [2.05, 4.69) is 15.6 Å². The highest BCUT2D eigenvalue weighted by Crippen LogP contribution is 2.29. The van der Waals surface area contributed by atoms with Crippen molar-refractivity contribution in [1.29, 1.82) is 0 Å². The number of carbonyl (C=O) groups is 2. The maximum absolute atomic E-state index is 12.8. The van der Waals surface area contributed by atoms with Gasteiger partial charge in [-0.1, -0.05) is 32.1 Å². The second-order valence-electron chi connectivity index (χ2n) is 6.35. The monoisotopic (exact) mass is 336 g/mol. The number of amides is 2. The van der Waals surface area contributed by atoms with Gasteiger partial charge in [0.2, 0.25) is 11.8 Å². The summed E-state index contributed by atoms with van der Waals surface area (Å²) in [6.45, 7) is 1.67. The van der Waals surface area contributed by atoms with Crippen LogP contribution >= 0.6 is 11.3 Å². The highest BCUT2D eigenvalue weighted by atomic mass is 32.1. The average molecular weight is 336 g/mol. The SMILES string of the molecule is O=C(Nc1nccs1)[C@H](CC1CCCCC1)N1CCNCC1=O. The van der Waals surface area contributed by atoms with E-state index >= 15 is 0 Å². The standard InChI is InChI=1S/C16H24N4O2S/c21-14-11-17-6-8-20(14)13(10-12-4-2-1-3-5-12)15(22)19-16-18-7-9-23-16/h7,9,12-13,17H,1-6,8,10-11H2,(H,18,19,22)/t13-/m0/s1. The third-order valence-corrected chi connectivity index (χ3v) is 5.44. The summed E-state index contributed by atoms with van der Waals surface area (Å²) < 4.78 is 0.